The highest BCUT2D eigenvalue weighted by Gasteiger charge is 2.15. The molecule has 0 unspecified atom stereocenters. The summed E-state index contributed by atoms with van der Waals surface area (Å²) in [5, 5.41) is 0. The summed E-state index contributed by atoms with van der Waals surface area (Å²) >= 11 is 0. The van der Waals surface area contributed by atoms with Crippen molar-refractivity contribution in [1.29, 1.82) is 0 Å². The minimum absolute atomic E-state index is 0.242. The Bertz CT molecular complexity index is 340. The van der Waals surface area contributed by atoms with Crippen LogP contribution in [0.3, 0.4) is 0 Å². The zero-order valence-corrected chi connectivity index (χ0v) is 12.5. The van der Waals surface area contributed by atoms with Crippen LogP contribution in [0.2, 0.25) is 0 Å². The molecule has 0 amide bonds. The van der Waals surface area contributed by atoms with E-state index >= 15 is 0 Å². The summed E-state index contributed by atoms with van der Waals surface area (Å²) in [5.41, 5.74) is 2.95. The molecule has 0 N–H and O–H groups in total. The lowest BCUT2D eigenvalue weighted by molar-refractivity contribution is 0.590. The van der Waals surface area contributed by atoms with Crippen LogP contribution >= 0.6 is 10.2 Å². The van der Waals surface area contributed by atoms with E-state index in [1.54, 1.807) is 0 Å². The average Bonchev–Trinajstić information content (AvgIpc) is 2.14. The van der Waals surface area contributed by atoms with E-state index in [9.17, 15) is 0 Å². The van der Waals surface area contributed by atoms with Crippen molar-refractivity contribution in [2.75, 3.05) is 30.1 Å². The molecule has 1 aromatic carbocycles. The van der Waals surface area contributed by atoms with Gasteiger partial charge in [0.15, 0.2) is 0 Å². The molecular formula is C14H25NS. The number of nitrogens with zero attached hydrogens (tertiary/aromatic N) is 1. The van der Waals surface area contributed by atoms with Crippen LogP contribution in [0.25, 0.3) is 0 Å². The van der Waals surface area contributed by atoms with Gasteiger partial charge in [0.25, 0.3) is 0 Å². The molecule has 0 aliphatic carbocycles. The predicted octanol–water partition coefficient (Wildman–Crippen LogP) is 4.03. The van der Waals surface area contributed by atoms with Crippen molar-refractivity contribution in [2.45, 2.75) is 26.2 Å². The van der Waals surface area contributed by atoms with E-state index in [1.165, 1.54) is 11.3 Å². The third-order valence-electron chi connectivity index (χ3n) is 2.92. The third kappa shape index (κ3) is 3.18. The van der Waals surface area contributed by atoms with E-state index in [1.807, 2.05) is 0 Å². The Balaban J connectivity index is 2.96. The highest BCUT2D eigenvalue weighted by molar-refractivity contribution is 8.33. The number of hydrogen-bond donors (Lipinski definition) is 0. The lowest BCUT2D eigenvalue weighted by atomic mass is 9.87. The van der Waals surface area contributed by atoms with Gasteiger partial charge in [-0.25, -0.2) is 0 Å². The fraction of sp³-hybridized carbons (Fsp3) is 0.571. The SMILES string of the molecule is CN(c1ccc(C(C)(C)C)cc1)S(C)(C)C. The minimum Gasteiger partial charge on any atom is -0.338 e. The summed E-state index contributed by atoms with van der Waals surface area (Å²) < 4.78 is 2.39. The van der Waals surface area contributed by atoms with Crippen LogP contribution in [0.15, 0.2) is 24.3 Å². The normalized spacial score (nSPS) is 13.7. The van der Waals surface area contributed by atoms with E-state index < -0.39 is 10.2 Å². The first-order valence-electron chi connectivity index (χ1n) is 5.65. The largest absolute Gasteiger partial charge is 0.338 e. The fourth-order valence-electron chi connectivity index (χ4n) is 1.49. The second-order valence-corrected chi connectivity index (χ2v) is 10.2. The standard InChI is InChI=1S/C14H25NS/c1-14(2,3)12-8-10-13(11-9-12)15(4)16(5,6)7/h8-11H,1-7H3. The molecule has 0 spiro atoms. The second-order valence-electron chi connectivity index (χ2n) is 6.07. The van der Waals surface area contributed by atoms with Crippen molar-refractivity contribution in [2.24, 2.45) is 0 Å². The van der Waals surface area contributed by atoms with E-state index in [0.717, 1.165) is 0 Å². The van der Waals surface area contributed by atoms with Gasteiger partial charge in [0.05, 0.1) is 0 Å². The minimum atomic E-state index is -0.671. The molecule has 1 aromatic rings. The fourth-order valence-corrected chi connectivity index (χ4v) is 2.24. The highest BCUT2D eigenvalue weighted by atomic mass is 32.3. The molecule has 1 nitrogen and oxygen atoms in total. The number of anilines is 1. The monoisotopic (exact) mass is 239 g/mol. The summed E-state index contributed by atoms with van der Waals surface area (Å²) in [5.74, 6) is 0. The zero-order chi connectivity index (χ0) is 12.6. The Hall–Kier alpha value is -0.630. The number of benzene rings is 1. The maximum absolute atomic E-state index is 2.39. The first-order valence-corrected chi connectivity index (χ1v) is 8.46. The zero-order valence-electron chi connectivity index (χ0n) is 11.7. The van der Waals surface area contributed by atoms with E-state index in [-0.39, 0.29) is 5.41 Å². The van der Waals surface area contributed by atoms with Crippen molar-refractivity contribution in [3.63, 3.8) is 0 Å². The lowest BCUT2D eigenvalue weighted by Gasteiger charge is -2.39. The molecule has 1 rings (SSSR count). The van der Waals surface area contributed by atoms with E-state index in [0.29, 0.717) is 0 Å². The van der Waals surface area contributed by atoms with Gasteiger partial charge in [-0.3, -0.25) is 0 Å². The Morgan fingerprint density at radius 1 is 0.938 bits per heavy atom. The van der Waals surface area contributed by atoms with Crippen LogP contribution in [-0.4, -0.2) is 25.8 Å². The number of rotatable bonds is 2. The smallest absolute Gasteiger partial charge is 0.0450 e. The Kier molecular flexibility index (Phi) is 3.63. The maximum atomic E-state index is 2.39. The van der Waals surface area contributed by atoms with E-state index in [4.69, 9.17) is 0 Å². The summed E-state index contributed by atoms with van der Waals surface area (Å²) in [6.45, 7) is 6.75. The number of hydrogen-bond acceptors (Lipinski definition) is 1. The van der Waals surface area contributed by atoms with Gasteiger partial charge in [-0.1, -0.05) is 32.9 Å². The van der Waals surface area contributed by atoms with Gasteiger partial charge in [-0.15, -0.1) is 0 Å². The van der Waals surface area contributed by atoms with Gasteiger partial charge in [0.1, 0.15) is 0 Å². The van der Waals surface area contributed by atoms with Gasteiger partial charge in [0, 0.05) is 12.7 Å². The van der Waals surface area contributed by atoms with Crippen molar-refractivity contribution in [3.05, 3.63) is 29.8 Å². The van der Waals surface area contributed by atoms with Gasteiger partial charge in [-0.2, -0.15) is 10.2 Å². The van der Waals surface area contributed by atoms with Crippen molar-refractivity contribution in [3.8, 4) is 0 Å². The van der Waals surface area contributed by atoms with Crippen LogP contribution in [0.5, 0.6) is 0 Å². The first kappa shape index (κ1) is 13.4. The molecule has 0 radical (unpaired) electrons. The van der Waals surface area contributed by atoms with Crippen molar-refractivity contribution >= 4 is 15.9 Å². The van der Waals surface area contributed by atoms with Crippen molar-refractivity contribution in [1.82, 2.24) is 0 Å². The van der Waals surface area contributed by atoms with Gasteiger partial charge in [-0.05, 0) is 41.9 Å². The van der Waals surface area contributed by atoms with Gasteiger partial charge < -0.3 is 4.31 Å². The summed E-state index contributed by atoms with van der Waals surface area (Å²) in [6.07, 6.45) is 6.93. The van der Waals surface area contributed by atoms with Crippen LogP contribution in [0.4, 0.5) is 5.69 Å². The van der Waals surface area contributed by atoms with Gasteiger partial charge in [0.2, 0.25) is 0 Å². The van der Waals surface area contributed by atoms with E-state index in [2.05, 4.69) is 75.2 Å². The molecular weight excluding hydrogens is 214 g/mol. The van der Waals surface area contributed by atoms with Crippen LogP contribution in [0, 0.1) is 0 Å². The topological polar surface area (TPSA) is 3.24 Å². The Labute approximate surface area is 102 Å². The van der Waals surface area contributed by atoms with Gasteiger partial charge >= 0.3 is 0 Å². The third-order valence-corrected chi connectivity index (χ3v) is 4.77. The molecule has 0 fully saturated rings. The summed E-state index contributed by atoms with van der Waals surface area (Å²) in [6, 6.07) is 8.96. The second kappa shape index (κ2) is 4.33. The molecule has 0 saturated heterocycles. The molecule has 0 aliphatic rings. The lowest BCUT2D eigenvalue weighted by Crippen LogP contribution is -2.20. The predicted molar refractivity (Wildman–Crippen MR) is 78.9 cm³/mol. The van der Waals surface area contributed by atoms with Crippen LogP contribution in [-0.2, 0) is 5.41 Å². The maximum Gasteiger partial charge on any atom is 0.0450 e. The molecule has 0 atom stereocenters. The van der Waals surface area contributed by atoms with Crippen molar-refractivity contribution < 1.29 is 0 Å². The highest BCUT2D eigenvalue weighted by Crippen LogP contribution is 2.42. The molecule has 0 aromatic heterocycles. The van der Waals surface area contributed by atoms with Crippen LogP contribution < -0.4 is 4.31 Å². The summed E-state index contributed by atoms with van der Waals surface area (Å²) in [4.78, 5) is 0. The molecule has 2 heteroatoms. The molecule has 0 heterocycles. The average molecular weight is 239 g/mol. The molecule has 16 heavy (non-hydrogen) atoms. The van der Waals surface area contributed by atoms with Crippen LogP contribution in [0.1, 0.15) is 26.3 Å². The summed E-state index contributed by atoms with van der Waals surface area (Å²) in [7, 11) is 1.51. The molecule has 0 saturated carbocycles. The molecule has 92 valence electrons. The first-order chi connectivity index (χ1) is 7.12. The Morgan fingerprint density at radius 3 is 1.69 bits per heavy atom. The molecule has 0 aliphatic heterocycles. The quantitative estimate of drug-likeness (QED) is 0.753. The molecule has 0 bridgehead atoms. The Morgan fingerprint density at radius 2 is 1.38 bits per heavy atom.